The van der Waals surface area contributed by atoms with Crippen molar-refractivity contribution in [2.45, 2.75) is 0 Å². The highest BCUT2D eigenvalue weighted by Gasteiger charge is 2.28. The Bertz CT molecular complexity index is 1190. The van der Waals surface area contributed by atoms with E-state index in [-0.39, 0.29) is 22.5 Å². The maximum absolute atomic E-state index is 14.8. The van der Waals surface area contributed by atoms with Gasteiger partial charge in [0, 0.05) is 32.9 Å². The molecule has 0 saturated carbocycles. The second-order valence-electron chi connectivity index (χ2n) is 6.55. The number of halogens is 4. The van der Waals surface area contributed by atoms with Gasteiger partial charge in [0.2, 0.25) is 0 Å². The molecule has 0 fully saturated rings. The fraction of sp³-hybridized carbons (Fsp3) is 0. The minimum absolute atomic E-state index is 0.158. The van der Waals surface area contributed by atoms with Crippen LogP contribution in [0, 0.1) is 23.3 Å². The molecule has 0 saturated heterocycles. The summed E-state index contributed by atoms with van der Waals surface area (Å²) in [6.07, 6.45) is 0. The first kappa shape index (κ1) is 16.6. The van der Waals surface area contributed by atoms with Gasteiger partial charge in [0.15, 0.2) is 23.3 Å². The molecule has 0 aliphatic rings. The molecule has 0 unspecified atom stereocenters. The van der Waals surface area contributed by atoms with Crippen molar-refractivity contribution < 1.29 is 17.6 Å². The highest BCUT2D eigenvalue weighted by atomic mass is 19.2. The maximum atomic E-state index is 14.8. The van der Waals surface area contributed by atoms with Crippen LogP contribution in [0.3, 0.4) is 0 Å². The van der Waals surface area contributed by atoms with Crippen molar-refractivity contribution in [1.82, 2.24) is 9.97 Å². The lowest BCUT2D eigenvalue weighted by molar-refractivity contribution is 0.412. The number of fused-ring (bicyclic) bond motifs is 2. The Morgan fingerprint density at radius 1 is 0.500 bits per heavy atom. The molecule has 138 valence electrons. The fourth-order valence-corrected chi connectivity index (χ4v) is 3.55. The van der Waals surface area contributed by atoms with Gasteiger partial charge in [0.1, 0.15) is 0 Å². The summed E-state index contributed by atoms with van der Waals surface area (Å²) in [7, 11) is 0. The third-order valence-electron chi connectivity index (χ3n) is 4.87. The van der Waals surface area contributed by atoms with Crippen molar-refractivity contribution in [3.05, 3.63) is 83.9 Å². The lowest BCUT2D eigenvalue weighted by Gasteiger charge is -2.12. The summed E-state index contributed by atoms with van der Waals surface area (Å²) in [6, 6.07) is 17.4. The van der Waals surface area contributed by atoms with Crippen LogP contribution < -0.4 is 0 Å². The van der Waals surface area contributed by atoms with Gasteiger partial charge in [-0.1, -0.05) is 36.4 Å². The number of benzene rings is 3. The van der Waals surface area contributed by atoms with Gasteiger partial charge >= 0.3 is 0 Å². The molecule has 0 aliphatic carbocycles. The third kappa shape index (κ3) is 2.34. The highest BCUT2D eigenvalue weighted by molar-refractivity contribution is 5.93. The van der Waals surface area contributed by atoms with Crippen LogP contribution in [0.1, 0.15) is 0 Å². The van der Waals surface area contributed by atoms with Gasteiger partial charge in [-0.2, -0.15) is 0 Å². The van der Waals surface area contributed by atoms with E-state index in [1.165, 1.54) is 0 Å². The first-order valence-corrected chi connectivity index (χ1v) is 8.57. The topological polar surface area (TPSA) is 31.6 Å². The average Bonchev–Trinajstić information content (AvgIpc) is 3.32. The molecule has 28 heavy (non-hydrogen) atoms. The van der Waals surface area contributed by atoms with Gasteiger partial charge in [0.25, 0.3) is 0 Å². The van der Waals surface area contributed by atoms with Crippen molar-refractivity contribution >= 4 is 21.8 Å². The minimum Gasteiger partial charge on any atom is -0.354 e. The largest absolute Gasteiger partial charge is 0.354 e. The zero-order valence-corrected chi connectivity index (χ0v) is 14.3. The molecule has 5 aromatic rings. The Labute approximate surface area is 156 Å². The maximum Gasteiger partial charge on any atom is 0.198 e. The van der Waals surface area contributed by atoms with Crippen molar-refractivity contribution in [2.75, 3.05) is 0 Å². The summed E-state index contributed by atoms with van der Waals surface area (Å²) in [5, 5.41) is 1.48. The molecule has 6 heteroatoms. The minimum atomic E-state index is -1.84. The Morgan fingerprint density at radius 2 is 0.893 bits per heavy atom. The number of aromatic amines is 2. The molecule has 0 aliphatic heterocycles. The van der Waals surface area contributed by atoms with Crippen molar-refractivity contribution in [1.29, 1.82) is 0 Å². The molecular formula is C22H12F4N2. The van der Waals surface area contributed by atoms with Crippen molar-refractivity contribution in [3.63, 3.8) is 0 Å². The van der Waals surface area contributed by atoms with Crippen LogP contribution in [-0.2, 0) is 0 Å². The molecule has 2 nitrogen and oxygen atoms in total. The monoisotopic (exact) mass is 380 g/mol. The lowest BCUT2D eigenvalue weighted by atomic mass is 9.99. The molecule has 0 spiro atoms. The average molecular weight is 380 g/mol. The van der Waals surface area contributed by atoms with Crippen LogP contribution in [0.4, 0.5) is 17.6 Å². The van der Waals surface area contributed by atoms with Gasteiger partial charge in [-0.25, -0.2) is 17.6 Å². The zero-order chi connectivity index (χ0) is 19.4. The zero-order valence-electron chi connectivity index (χ0n) is 14.3. The number of H-pyrrole nitrogens is 2. The molecular weight excluding hydrogens is 368 g/mol. The first-order chi connectivity index (χ1) is 13.5. The molecule has 0 amide bonds. The second-order valence-corrected chi connectivity index (χ2v) is 6.55. The first-order valence-electron chi connectivity index (χ1n) is 8.57. The van der Waals surface area contributed by atoms with E-state index < -0.39 is 23.3 Å². The van der Waals surface area contributed by atoms with E-state index in [9.17, 15) is 17.6 Å². The van der Waals surface area contributed by atoms with E-state index in [1.807, 2.05) is 0 Å². The molecule has 2 heterocycles. The van der Waals surface area contributed by atoms with E-state index in [0.29, 0.717) is 11.0 Å². The van der Waals surface area contributed by atoms with Gasteiger partial charge in [0.05, 0.1) is 11.4 Å². The number of hydrogen-bond donors (Lipinski definition) is 2. The van der Waals surface area contributed by atoms with E-state index in [2.05, 4.69) is 9.97 Å². The molecule has 0 radical (unpaired) electrons. The molecule has 5 rings (SSSR count). The van der Waals surface area contributed by atoms with Crippen LogP contribution in [0.2, 0.25) is 0 Å². The summed E-state index contributed by atoms with van der Waals surface area (Å²) in [5.74, 6) is -6.57. The van der Waals surface area contributed by atoms with Crippen molar-refractivity contribution in [3.8, 4) is 22.5 Å². The number of para-hydroxylation sites is 2. The predicted octanol–water partition coefficient (Wildman–Crippen LogP) is 6.54. The highest BCUT2D eigenvalue weighted by Crippen LogP contribution is 2.40. The Hall–Kier alpha value is -3.54. The predicted molar refractivity (Wildman–Crippen MR) is 101 cm³/mol. The van der Waals surface area contributed by atoms with E-state index in [1.54, 1.807) is 60.7 Å². The van der Waals surface area contributed by atoms with Crippen molar-refractivity contribution in [2.24, 2.45) is 0 Å². The Morgan fingerprint density at radius 3 is 1.29 bits per heavy atom. The Kier molecular flexibility index (Phi) is 3.55. The molecule has 2 aromatic heterocycles. The summed E-state index contributed by atoms with van der Waals surface area (Å²) in [5.41, 5.74) is 0.933. The van der Waals surface area contributed by atoms with E-state index in [4.69, 9.17) is 0 Å². The van der Waals surface area contributed by atoms with E-state index in [0.717, 1.165) is 10.8 Å². The number of aromatic nitrogens is 2. The van der Waals surface area contributed by atoms with Gasteiger partial charge in [-0.05, 0) is 24.3 Å². The SMILES string of the molecule is Fc1c(F)c(F)c(-c2cc3ccccc3[nH]2)c(-c2cc3ccccc3[nH]2)c1F. The summed E-state index contributed by atoms with van der Waals surface area (Å²) in [6.45, 7) is 0. The van der Waals surface area contributed by atoms with Crippen LogP contribution in [0.25, 0.3) is 44.3 Å². The number of hydrogen-bond acceptors (Lipinski definition) is 0. The smallest absolute Gasteiger partial charge is 0.198 e. The normalized spacial score (nSPS) is 11.6. The molecule has 0 atom stereocenters. The number of rotatable bonds is 2. The van der Waals surface area contributed by atoms with Crippen LogP contribution >= 0.6 is 0 Å². The summed E-state index contributed by atoms with van der Waals surface area (Å²) < 4.78 is 57.8. The quantitative estimate of drug-likeness (QED) is 0.198. The third-order valence-corrected chi connectivity index (χ3v) is 4.87. The summed E-state index contributed by atoms with van der Waals surface area (Å²) in [4.78, 5) is 5.92. The molecule has 3 aromatic carbocycles. The standard InChI is InChI=1S/C22H12F4N2/c23-19-17(15-9-11-5-1-3-7-13(11)27-15)18(20(24)22(26)21(19)25)16-10-12-6-2-4-8-14(12)28-16/h1-10,27-28H. The van der Waals surface area contributed by atoms with Gasteiger partial charge < -0.3 is 9.97 Å². The molecule has 2 N–H and O–H groups in total. The van der Waals surface area contributed by atoms with Crippen LogP contribution in [0.15, 0.2) is 60.7 Å². The fourth-order valence-electron chi connectivity index (χ4n) is 3.55. The van der Waals surface area contributed by atoms with Crippen LogP contribution in [-0.4, -0.2) is 9.97 Å². The van der Waals surface area contributed by atoms with Crippen LogP contribution in [0.5, 0.6) is 0 Å². The number of nitrogens with one attached hydrogen (secondary N) is 2. The summed E-state index contributed by atoms with van der Waals surface area (Å²) >= 11 is 0. The lowest BCUT2D eigenvalue weighted by Crippen LogP contribution is -2.03. The van der Waals surface area contributed by atoms with E-state index >= 15 is 0 Å². The molecule has 0 bridgehead atoms. The van der Waals surface area contributed by atoms with Gasteiger partial charge in [-0.3, -0.25) is 0 Å². The second kappa shape index (κ2) is 5.99. The van der Waals surface area contributed by atoms with Gasteiger partial charge in [-0.15, -0.1) is 0 Å². The Balaban J connectivity index is 1.87.